The molecule has 0 spiro atoms. The molecular weight excluding hydrogens is 764 g/mol. The normalized spacial score (nSPS) is 16.1. The van der Waals surface area contributed by atoms with Crippen LogP contribution >= 0.6 is 0 Å². The summed E-state index contributed by atoms with van der Waals surface area (Å²) in [5.41, 5.74) is 1.57. The highest BCUT2D eigenvalue weighted by Crippen LogP contribution is 2.20. The van der Waals surface area contributed by atoms with Crippen LogP contribution in [0.25, 0.3) is 10.9 Å². The Labute approximate surface area is 330 Å². The Morgan fingerprint density at radius 3 is 1.84 bits per heavy atom. The monoisotopic (exact) mass is 810 g/mol. The number of benzene rings is 2. The summed E-state index contributed by atoms with van der Waals surface area (Å²) >= 11 is 0. The minimum Gasteiger partial charge on any atom is -0.508 e. The number of carbonyl (C=O) groups is 8. The number of aliphatic carboxylic acids is 2. The molecule has 21 heteroatoms. The summed E-state index contributed by atoms with van der Waals surface area (Å²) in [6, 6.07) is 3.69. The molecule has 1 aromatic heterocycles. The zero-order valence-electron chi connectivity index (χ0n) is 31.0. The number of carboxylic acids is 2. The van der Waals surface area contributed by atoms with Crippen LogP contribution in [0.3, 0.4) is 0 Å². The third-order valence-corrected chi connectivity index (χ3v) is 9.17. The third kappa shape index (κ3) is 12.7. The number of aromatic hydroxyl groups is 1. The number of rotatable bonds is 21. The number of aliphatic hydroxyl groups is 2. The van der Waals surface area contributed by atoms with E-state index in [4.69, 9.17) is 5.11 Å². The van der Waals surface area contributed by atoms with Crippen LogP contribution in [-0.4, -0.2) is 140 Å². The predicted molar refractivity (Wildman–Crippen MR) is 202 cm³/mol. The molecule has 0 unspecified atom stereocenters. The van der Waals surface area contributed by atoms with Crippen LogP contribution in [0.15, 0.2) is 54.7 Å². The van der Waals surface area contributed by atoms with E-state index in [0.29, 0.717) is 35.0 Å². The SMILES string of the molecule is O=C(O)CNC(=O)[C@H](Cc1ccc(O)cc1)NC(=O)[C@H](CC(=O)O)NC(=O)[C@H](Cc1c[nH]c2ccccc12)NC(=O)[C@H](CO)NC(=O)[C@H](CO)NC(=O)[C@@H]1CCCN1. The van der Waals surface area contributed by atoms with Crippen LogP contribution in [0.1, 0.15) is 30.4 Å². The van der Waals surface area contributed by atoms with Crippen molar-refractivity contribution < 1.29 is 63.9 Å². The van der Waals surface area contributed by atoms with Crippen molar-refractivity contribution >= 4 is 58.3 Å². The number of hydrogen-bond donors (Lipinski definition) is 13. The molecule has 1 aliphatic heterocycles. The lowest BCUT2D eigenvalue weighted by atomic mass is 10.0. The first-order valence-corrected chi connectivity index (χ1v) is 18.2. The highest BCUT2D eigenvalue weighted by atomic mass is 16.4. The van der Waals surface area contributed by atoms with Gasteiger partial charge in [0.05, 0.1) is 25.7 Å². The van der Waals surface area contributed by atoms with Gasteiger partial charge in [-0.3, -0.25) is 38.4 Å². The summed E-state index contributed by atoms with van der Waals surface area (Å²) in [5, 5.41) is 65.7. The average molecular weight is 811 g/mol. The Bertz CT molecular complexity index is 1960. The zero-order valence-corrected chi connectivity index (χ0v) is 31.0. The average Bonchev–Trinajstić information content (AvgIpc) is 3.89. The van der Waals surface area contributed by atoms with Gasteiger partial charge in [0, 0.05) is 29.9 Å². The number of carbonyl (C=O) groups excluding carboxylic acids is 6. The molecule has 0 saturated carbocycles. The fourth-order valence-electron chi connectivity index (χ4n) is 6.13. The molecule has 0 aliphatic carbocycles. The van der Waals surface area contributed by atoms with E-state index in [-0.39, 0.29) is 18.6 Å². The van der Waals surface area contributed by atoms with Gasteiger partial charge in [-0.05, 0) is 48.7 Å². The van der Waals surface area contributed by atoms with Gasteiger partial charge in [-0.2, -0.15) is 0 Å². The van der Waals surface area contributed by atoms with Gasteiger partial charge in [-0.25, -0.2) is 0 Å². The number of H-pyrrole nitrogens is 1. The molecule has 58 heavy (non-hydrogen) atoms. The predicted octanol–water partition coefficient (Wildman–Crippen LogP) is -3.51. The minimum absolute atomic E-state index is 0.0963. The van der Waals surface area contributed by atoms with Crippen LogP contribution in [0.2, 0.25) is 0 Å². The standard InChI is InChI=1S/C37H46N8O13/c46-17-28(45-37(58)29(18-47)44-33(54)24-6-3-11-38-24)36(57)42-26(13-20-15-39-23-5-2-1-4-22(20)23)34(55)43-27(14-30(49)50)35(56)41-25(32(53)40-16-31(51)52)12-19-7-9-21(48)10-8-19/h1-2,4-5,7-10,15,24-29,38-39,46-48H,3,6,11-14,16-18H2,(H,40,53)(H,41,56)(H,42,57)(H,43,55)(H,44,54)(H,45,58)(H,49,50)(H,51,52)/t24-,25-,26-,27-,28-,29-/m0/s1. The number of phenolic OH excluding ortho intramolecular Hbond substituents is 1. The molecular formula is C37H46N8O13. The van der Waals surface area contributed by atoms with Gasteiger partial charge in [0.1, 0.15) is 42.5 Å². The van der Waals surface area contributed by atoms with E-state index < -0.39 is 110 Å². The van der Waals surface area contributed by atoms with Crippen molar-refractivity contribution in [2.24, 2.45) is 0 Å². The van der Waals surface area contributed by atoms with Gasteiger partial charge in [0.15, 0.2) is 0 Å². The molecule has 3 aromatic rings. The Kier molecular flexibility index (Phi) is 16.0. The van der Waals surface area contributed by atoms with E-state index in [0.717, 1.165) is 6.42 Å². The number of aromatic amines is 1. The van der Waals surface area contributed by atoms with Crippen molar-refractivity contribution in [1.29, 1.82) is 0 Å². The second kappa shape index (κ2) is 21.1. The van der Waals surface area contributed by atoms with Gasteiger partial charge < -0.3 is 67.7 Å². The number of amides is 6. The number of hydrogen-bond acceptors (Lipinski definition) is 12. The van der Waals surface area contributed by atoms with Crippen LogP contribution in [0, 0.1) is 0 Å². The van der Waals surface area contributed by atoms with Crippen molar-refractivity contribution in [1.82, 2.24) is 42.2 Å². The first kappa shape index (κ1) is 44.1. The third-order valence-electron chi connectivity index (χ3n) is 9.17. The zero-order chi connectivity index (χ0) is 42.4. The van der Waals surface area contributed by atoms with Crippen molar-refractivity contribution in [3.05, 3.63) is 65.9 Å². The first-order chi connectivity index (χ1) is 27.7. The van der Waals surface area contributed by atoms with Gasteiger partial charge in [0.25, 0.3) is 0 Å². The van der Waals surface area contributed by atoms with E-state index in [9.17, 15) is 58.8 Å². The number of para-hydroxylation sites is 1. The van der Waals surface area contributed by atoms with Crippen molar-refractivity contribution in [3.63, 3.8) is 0 Å². The summed E-state index contributed by atoms with van der Waals surface area (Å²) in [6.07, 6.45) is 1.28. The Morgan fingerprint density at radius 2 is 1.24 bits per heavy atom. The van der Waals surface area contributed by atoms with Crippen LogP contribution in [0.4, 0.5) is 0 Å². The Hall–Kier alpha value is -6.58. The molecule has 6 atom stereocenters. The molecule has 0 radical (unpaired) electrons. The summed E-state index contributed by atoms with van der Waals surface area (Å²) in [7, 11) is 0. The van der Waals surface area contributed by atoms with Crippen LogP contribution < -0.4 is 37.2 Å². The summed E-state index contributed by atoms with van der Waals surface area (Å²) in [6.45, 7) is -2.07. The van der Waals surface area contributed by atoms with Crippen molar-refractivity contribution in [3.8, 4) is 5.75 Å². The summed E-state index contributed by atoms with van der Waals surface area (Å²) in [4.78, 5) is 106. The maximum Gasteiger partial charge on any atom is 0.322 e. The molecule has 0 bridgehead atoms. The highest BCUT2D eigenvalue weighted by molar-refractivity contribution is 5.98. The maximum atomic E-state index is 14.0. The first-order valence-electron chi connectivity index (χ1n) is 18.2. The Morgan fingerprint density at radius 1 is 0.672 bits per heavy atom. The van der Waals surface area contributed by atoms with Crippen molar-refractivity contribution in [2.75, 3.05) is 26.3 Å². The van der Waals surface area contributed by atoms with Gasteiger partial charge in [-0.15, -0.1) is 0 Å². The molecule has 312 valence electrons. The van der Waals surface area contributed by atoms with Gasteiger partial charge in [0.2, 0.25) is 35.4 Å². The molecule has 13 N–H and O–H groups in total. The minimum atomic E-state index is -1.86. The molecule has 21 nitrogen and oxygen atoms in total. The van der Waals surface area contributed by atoms with Crippen LogP contribution in [-0.2, 0) is 51.2 Å². The smallest absolute Gasteiger partial charge is 0.322 e. The second-order valence-corrected chi connectivity index (χ2v) is 13.5. The molecule has 6 amide bonds. The second-order valence-electron chi connectivity index (χ2n) is 13.5. The molecule has 4 rings (SSSR count). The Balaban J connectivity index is 1.55. The van der Waals surface area contributed by atoms with Crippen molar-refractivity contribution in [2.45, 2.75) is 68.4 Å². The van der Waals surface area contributed by atoms with E-state index in [1.165, 1.54) is 24.3 Å². The molecule has 1 saturated heterocycles. The number of phenols is 1. The number of carboxylic acid groups (broad SMARTS) is 2. The number of aromatic nitrogens is 1. The van der Waals surface area contributed by atoms with E-state index in [1.54, 1.807) is 30.5 Å². The number of fused-ring (bicyclic) bond motifs is 1. The summed E-state index contributed by atoms with van der Waals surface area (Å²) in [5.74, 6) is -8.90. The number of aliphatic hydroxyl groups excluding tert-OH is 2. The van der Waals surface area contributed by atoms with Crippen LogP contribution in [0.5, 0.6) is 5.75 Å². The van der Waals surface area contributed by atoms with E-state index in [2.05, 4.69) is 42.2 Å². The van der Waals surface area contributed by atoms with E-state index >= 15 is 0 Å². The highest BCUT2D eigenvalue weighted by Gasteiger charge is 2.34. The quantitative estimate of drug-likeness (QED) is 0.0497. The molecule has 1 aliphatic rings. The molecule has 1 fully saturated rings. The van der Waals surface area contributed by atoms with Gasteiger partial charge >= 0.3 is 11.9 Å². The fraction of sp³-hybridized carbons (Fsp3) is 0.405. The molecule has 2 heterocycles. The largest absolute Gasteiger partial charge is 0.508 e. The lowest BCUT2D eigenvalue weighted by Gasteiger charge is -2.26. The molecule has 2 aromatic carbocycles. The van der Waals surface area contributed by atoms with E-state index in [1.807, 2.05) is 0 Å². The maximum absolute atomic E-state index is 14.0. The number of nitrogens with one attached hydrogen (secondary N) is 8. The van der Waals surface area contributed by atoms with Gasteiger partial charge in [-0.1, -0.05) is 30.3 Å². The fourth-order valence-corrected chi connectivity index (χ4v) is 6.13. The topological polar surface area (TPSA) is 338 Å². The lowest BCUT2D eigenvalue weighted by Crippen LogP contribution is -2.61. The summed E-state index contributed by atoms with van der Waals surface area (Å²) < 4.78 is 0. The lowest BCUT2D eigenvalue weighted by molar-refractivity contribution is -0.142.